The van der Waals surface area contributed by atoms with Gasteiger partial charge in [-0.1, -0.05) is 0 Å². The molecule has 120 valence electrons. The first kappa shape index (κ1) is 17.4. The molecule has 0 bridgehead atoms. The van der Waals surface area contributed by atoms with E-state index in [4.69, 9.17) is 15.3 Å². The van der Waals surface area contributed by atoms with Crippen LogP contribution in [0.15, 0.2) is 6.07 Å². The van der Waals surface area contributed by atoms with Crippen LogP contribution in [0.2, 0.25) is 0 Å². The Balaban J connectivity index is 2.47. The average molecular weight is 309 g/mol. The van der Waals surface area contributed by atoms with Gasteiger partial charge >= 0.3 is 6.18 Å². The second-order valence-corrected chi connectivity index (χ2v) is 3.99. The zero-order valence-electron chi connectivity index (χ0n) is 11.5. The monoisotopic (exact) mass is 309 g/mol. The standard InChI is InChI=1S/C11H18F3N5O2/c1-20-5-6-21-4-2-3-16-8-7-9(19-15)18-10(17-8)11(12,13)14/h7H,2-6,15H2,1H3,(H2,16,17,18,19). The zero-order chi connectivity index (χ0) is 15.7. The van der Waals surface area contributed by atoms with Gasteiger partial charge in [-0.05, 0) is 6.42 Å². The van der Waals surface area contributed by atoms with Crippen LogP contribution in [0, 0.1) is 0 Å². The Bertz CT molecular complexity index is 431. The Kier molecular flexibility index (Phi) is 7.12. The Morgan fingerprint density at radius 2 is 1.90 bits per heavy atom. The van der Waals surface area contributed by atoms with Crippen LogP contribution in [0.25, 0.3) is 0 Å². The summed E-state index contributed by atoms with van der Waals surface area (Å²) in [6, 6.07) is 1.29. The lowest BCUT2D eigenvalue weighted by Crippen LogP contribution is -2.17. The molecule has 4 N–H and O–H groups in total. The van der Waals surface area contributed by atoms with E-state index in [9.17, 15) is 13.2 Å². The summed E-state index contributed by atoms with van der Waals surface area (Å²) in [5.74, 6) is 3.76. The van der Waals surface area contributed by atoms with E-state index in [1.54, 1.807) is 7.11 Å². The van der Waals surface area contributed by atoms with Gasteiger partial charge in [0, 0.05) is 26.3 Å². The summed E-state index contributed by atoms with van der Waals surface area (Å²) in [6.45, 7) is 1.85. The van der Waals surface area contributed by atoms with Gasteiger partial charge in [0.2, 0.25) is 5.82 Å². The van der Waals surface area contributed by atoms with Gasteiger partial charge in [-0.2, -0.15) is 13.2 Å². The summed E-state index contributed by atoms with van der Waals surface area (Å²) in [5.41, 5.74) is 2.07. The number of hydrogen-bond acceptors (Lipinski definition) is 7. The fourth-order valence-electron chi connectivity index (χ4n) is 1.37. The van der Waals surface area contributed by atoms with Crippen molar-refractivity contribution in [1.82, 2.24) is 9.97 Å². The van der Waals surface area contributed by atoms with E-state index in [-0.39, 0.29) is 11.6 Å². The molecule has 7 nitrogen and oxygen atoms in total. The lowest BCUT2D eigenvalue weighted by Gasteiger charge is -2.11. The number of aromatic nitrogens is 2. The van der Waals surface area contributed by atoms with Crippen LogP contribution in [-0.2, 0) is 15.7 Å². The molecule has 0 atom stereocenters. The van der Waals surface area contributed by atoms with Gasteiger partial charge in [0.15, 0.2) is 0 Å². The molecule has 10 heteroatoms. The van der Waals surface area contributed by atoms with Crippen molar-refractivity contribution in [2.75, 3.05) is 44.2 Å². The van der Waals surface area contributed by atoms with Gasteiger partial charge < -0.3 is 20.2 Å². The van der Waals surface area contributed by atoms with Gasteiger partial charge in [-0.25, -0.2) is 15.8 Å². The molecule has 0 aromatic carbocycles. The molecule has 1 rings (SSSR count). The van der Waals surface area contributed by atoms with Crippen LogP contribution < -0.4 is 16.6 Å². The SMILES string of the molecule is COCCOCCCNc1cc(NN)nc(C(F)(F)F)n1. The number of anilines is 2. The Morgan fingerprint density at radius 1 is 1.19 bits per heavy atom. The number of alkyl halides is 3. The van der Waals surface area contributed by atoms with Crippen molar-refractivity contribution < 1.29 is 22.6 Å². The van der Waals surface area contributed by atoms with Crippen molar-refractivity contribution in [2.45, 2.75) is 12.6 Å². The first-order chi connectivity index (χ1) is 9.97. The highest BCUT2D eigenvalue weighted by Crippen LogP contribution is 2.28. The lowest BCUT2D eigenvalue weighted by molar-refractivity contribution is -0.144. The smallest absolute Gasteiger partial charge is 0.382 e. The molecule has 0 unspecified atom stereocenters. The third-order valence-electron chi connectivity index (χ3n) is 2.33. The van der Waals surface area contributed by atoms with Gasteiger partial charge in [0.1, 0.15) is 11.6 Å². The van der Waals surface area contributed by atoms with Gasteiger partial charge in [0.25, 0.3) is 0 Å². The molecule has 0 aliphatic heterocycles. The number of nitrogens with one attached hydrogen (secondary N) is 2. The van der Waals surface area contributed by atoms with Crippen molar-refractivity contribution >= 4 is 11.6 Å². The highest BCUT2D eigenvalue weighted by molar-refractivity contribution is 5.47. The van der Waals surface area contributed by atoms with Crippen molar-refractivity contribution in [3.05, 3.63) is 11.9 Å². The Morgan fingerprint density at radius 3 is 2.52 bits per heavy atom. The first-order valence-corrected chi connectivity index (χ1v) is 6.21. The number of hydrazine groups is 1. The van der Waals surface area contributed by atoms with E-state index >= 15 is 0 Å². The number of rotatable bonds is 9. The maximum absolute atomic E-state index is 12.6. The van der Waals surface area contributed by atoms with Crippen molar-refractivity contribution in [3.63, 3.8) is 0 Å². The molecule has 21 heavy (non-hydrogen) atoms. The maximum atomic E-state index is 12.6. The second kappa shape index (κ2) is 8.60. The van der Waals surface area contributed by atoms with Gasteiger partial charge in [-0.15, -0.1) is 0 Å². The number of nitrogen functional groups attached to an aromatic ring is 1. The van der Waals surface area contributed by atoms with Crippen LogP contribution in [0.5, 0.6) is 0 Å². The zero-order valence-corrected chi connectivity index (χ0v) is 11.5. The molecule has 0 amide bonds. The average Bonchev–Trinajstić information content (AvgIpc) is 2.45. The Hall–Kier alpha value is -1.65. The lowest BCUT2D eigenvalue weighted by atomic mass is 10.4. The largest absolute Gasteiger partial charge is 0.451 e. The van der Waals surface area contributed by atoms with Crippen molar-refractivity contribution in [1.29, 1.82) is 0 Å². The minimum absolute atomic E-state index is 0.0437. The molecule has 0 aliphatic rings. The summed E-state index contributed by atoms with van der Waals surface area (Å²) in [7, 11) is 1.57. The normalized spacial score (nSPS) is 11.5. The molecule has 0 spiro atoms. The van der Waals surface area contributed by atoms with Crippen LogP contribution in [0.1, 0.15) is 12.2 Å². The summed E-state index contributed by atoms with van der Waals surface area (Å²) >= 11 is 0. The molecule has 1 aromatic heterocycles. The number of ether oxygens (including phenoxy) is 2. The van der Waals surface area contributed by atoms with Crippen molar-refractivity contribution in [2.24, 2.45) is 5.84 Å². The van der Waals surface area contributed by atoms with E-state index in [0.29, 0.717) is 32.8 Å². The van der Waals surface area contributed by atoms with Crippen molar-refractivity contribution in [3.8, 4) is 0 Å². The molecule has 0 saturated heterocycles. The quantitative estimate of drug-likeness (QED) is 0.359. The summed E-state index contributed by atoms with van der Waals surface area (Å²) < 4.78 is 47.8. The highest BCUT2D eigenvalue weighted by atomic mass is 19.4. The summed E-state index contributed by atoms with van der Waals surface area (Å²) in [4.78, 5) is 6.65. The molecule has 1 heterocycles. The number of methoxy groups -OCH3 is 1. The summed E-state index contributed by atoms with van der Waals surface area (Å²) in [6.07, 6.45) is -4.02. The minimum atomic E-state index is -4.63. The highest BCUT2D eigenvalue weighted by Gasteiger charge is 2.35. The number of nitrogens with zero attached hydrogens (tertiary/aromatic N) is 2. The number of nitrogens with two attached hydrogens (primary N) is 1. The van der Waals surface area contributed by atoms with Crippen LogP contribution >= 0.6 is 0 Å². The maximum Gasteiger partial charge on any atom is 0.451 e. The molecule has 0 radical (unpaired) electrons. The third kappa shape index (κ3) is 6.56. The predicted molar refractivity (Wildman–Crippen MR) is 70.6 cm³/mol. The van der Waals surface area contributed by atoms with Crippen LogP contribution in [-0.4, -0.2) is 43.4 Å². The van der Waals surface area contributed by atoms with E-state index < -0.39 is 12.0 Å². The van der Waals surface area contributed by atoms with Crippen LogP contribution in [0.3, 0.4) is 0 Å². The van der Waals surface area contributed by atoms with E-state index in [1.807, 2.05) is 0 Å². The molecule has 0 aliphatic carbocycles. The van der Waals surface area contributed by atoms with Gasteiger partial charge in [-0.3, -0.25) is 0 Å². The van der Waals surface area contributed by atoms with E-state index in [0.717, 1.165) is 0 Å². The topological polar surface area (TPSA) is 94.3 Å². The van der Waals surface area contributed by atoms with Crippen LogP contribution in [0.4, 0.5) is 24.8 Å². The minimum Gasteiger partial charge on any atom is -0.382 e. The van der Waals surface area contributed by atoms with E-state index in [2.05, 4.69) is 20.7 Å². The fraction of sp³-hybridized carbons (Fsp3) is 0.636. The molecule has 1 aromatic rings. The predicted octanol–water partition coefficient (Wildman–Crippen LogP) is 1.25. The molecular formula is C11H18F3N5O2. The fourth-order valence-corrected chi connectivity index (χ4v) is 1.37. The third-order valence-corrected chi connectivity index (χ3v) is 2.33. The molecule has 0 saturated carbocycles. The second-order valence-electron chi connectivity index (χ2n) is 3.99. The van der Waals surface area contributed by atoms with Gasteiger partial charge in [0.05, 0.1) is 13.2 Å². The Labute approximate surface area is 120 Å². The molecule has 0 fully saturated rings. The first-order valence-electron chi connectivity index (χ1n) is 6.21. The van der Waals surface area contributed by atoms with E-state index in [1.165, 1.54) is 6.07 Å². The summed E-state index contributed by atoms with van der Waals surface area (Å²) in [5, 5.41) is 2.76. The molecular weight excluding hydrogens is 291 g/mol. The number of hydrogen-bond donors (Lipinski definition) is 3. The number of halogens is 3.